The molecule has 1 aliphatic carbocycles. The first kappa shape index (κ1) is 31.0. The minimum atomic E-state index is -6.01. The second-order valence-electron chi connectivity index (χ2n) is 9.61. The fourth-order valence-electron chi connectivity index (χ4n) is 4.91. The molecule has 0 unspecified atom stereocenters. The van der Waals surface area contributed by atoms with Gasteiger partial charge in [0.15, 0.2) is 0 Å². The number of hydrogen-bond donors (Lipinski definition) is 1. The van der Waals surface area contributed by atoms with Crippen molar-refractivity contribution in [2.45, 2.75) is 36.8 Å². The van der Waals surface area contributed by atoms with Crippen LogP contribution in [0.4, 0.5) is 32.0 Å². The van der Waals surface area contributed by atoms with Crippen molar-refractivity contribution >= 4 is 32.8 Å². The summed E-state index contributed by atoms with van der Waals surface area (Å²) in [6.07, 6.45) is -6.64. The Kier molecular flexibility index (Phi) is 8.61. The van der Waals surface area contributed by atoms with E-state index in [9.17, 15) is 39.9 Å². The zero-order valence-corrected chi connectivity index (χ0v) is 23.2. The number of piperazine rings is 1. The predicted molar refractivity (Wildman–Crippen MR) is 145 cm³/mol. The van der Waals surface area contributed by atoms with Crippen LogP contribution < -0.4 is 9.64 Å². The molecule has 0 amide bonds. The zero-order chi connectivity index (χ0) is 30.2. The number of alkyl halides is 6. The number of sulfonamides is 1. The van der Waals surface area contributed by atoms with Crippen molar-refractivity contribution in [2.24, 2.45) is 0 Å². The zero-order valence-electron chi connectivity index (χ0n) is 21.6. The highest BCUT2D eigenvalue weighted by molar-refractivity contribution is 7.96. The number of ether oxygens (including phenoxy) is 1. The highest BCUT2D eigenvalue weighted by Crippen LogP contribution is 2.50. The molecule has 1 aliphatic heterocycles. The summed E-state index contributed by atoms with van der Waals surface area (Å²) in [5.41, 5.74) is -5.39. The molecule has 6 nitrogen and oxygen atoms in total. The molecule has 41 heavy (non-hydrogen) atoms. The van der Waals surface area contributed by atoms with Crippen LogP contribution >= 0.6 is 12.2 Å². The fraction of sp³-hybridized carbons (Fsp3) is 0.370. The molecule has 1 atom stereocenters. The quantitative estimate of drug-likeness (QED) is 0.336. The maximum atomic E-state index is 13.5. The van der Waals surface area contributed by atoms with E-state index in [-0.39, 0.29) is 41.5 Å². The van der Waals surface area contributed by atoms with E-state index in [2.05, 4.69) is 0 Å². The highest BCUT2D eigenvalue weighted by atomic mass is 32.2. The van der Waals surface area contributed by atoms with Crippen molar-refractivity contribution in [1.29, 1.82) is 0 Å². The van der Waals surface area contributed by atoms with Gasteiger partial charge >= 0.3 is 12.4 Å². The molecule has 0 bridgehead atoms. The van der Waals surface area contributed by atoms with E-state index in [0.29, 0.717) is 24.3 Å². The molecule has 0 spiro atoms. The maximum absolute atomic E-state index is 13.5. The van der Waals surface area contributed by atoms with E-state index in [1.54, 1.807) is 41.3 Å². The number of aliphatic hydroxyl groups is 1. The lowest BCUT2D eigenvalue weighted by molar-refractivity contribution is -0.376. The molecule has 0 radical (unpaired) electrons. The number of halogens is 6. The Hall–Kier alpha value is -2.94. The summed E-state index contributed by atoms with van der Waals surface area (Å²) < 4.78 is 114. The first-order valence-electron chi connectivity index (χ1n) is 12.4. The molecule has 1 fully saturated rings. The molecular formula is C27H26F6N2O4S2. The van der Waals surface area contributed by atoms with Gasteiger partial charge in [0, 0.05) is 48.2 Å². The third-order valence-corrected chi connectivity index (χ3v) is 9.53. The van der Waals surface area contributed by atoms with Crippen molar-refractivity contribution in [1.82, 2.24) is 4.31 Å². The van der Waals surface area contributed by atoms with Gasteiger partial charge in [-0.1, -0.05) is 48.6 Å². The molecule has 14 heteroatoms. The van der Waals surface area contributed by atoms with E-state index < -0.39 is 39.6 Å². The van der Waals surface area contributed by atoms with E-state index in [1.807, 2.05) is 0 Å². The van der Waals surface area contributed by atoms with Gasteiger partial charge in [0.1, 0.15) is 5.75 Å². The smallest absolute Gasteiger partial charge is 0.430 e. The van der Waals surface area contributed by atoms with Gasteiger partial charge in [0.2, 0.25) is 10.0 Å². The summed E-state index contributed by atoms with van der Waals surface area (Å²) in [4.78, 5) is 2.02. The van der Waals surface area contributed by atoms with E-state index in [1.165, 1.54) is 17.5 Å². The lowest BCUT2D eigenvalue weighted by atomic mass is 9.92. The molecule has 2 aromatic rings. The largest absolute Gasteiger partial charge is 0.497 e. The SMILES string of the molecule is COc1cccc(C[C@@H]2CN(S(=O)(=O)C3=CC=CCC3=S)CCN2c2ccc(C(O)(C(F)(F)F)C(F)(F)F)cc2)c1. The highest BCUT2D eigenvalue weighted by Gasteiger charge is 2.71. The summed E-state index contributed by atoms with van der Waals surface area (Å²) >= 11 is 5.27. The van der Waals surface area contributed by atoms with Gasteiger partial charge in [-0.05, 0) is 42.3 Å². The Morgan fingerprint density at radius 1 is 1.02 bits per heavy atom. The molecule has 2 aliphatic rings. The maximum Gasteiger partial charge on any atom is 0.430 e. The topological polar surface area (TPSA) is 70.1 Å². The Morgan fingerprint density at radius 3 is 2.27 bits per heavy atom. The lowest BCUT2D eigenvalue weighted by Gasteiger charge is -2.43. The molecule has 1 N–H and O–H groups in total. The summed E-state index contributed by atoms with van der Waals surface area (Å²) in [5, 5.41) is 9.75. The number of benzene rings is 2. The van der Waals surface area contributed by atoms with Crippen LogP contribution in [0.5, 0.6) is 5.75 Å². The number of anilines is 1. The van der Waals surface area contributed by atoms with Crippen molar-refractivity contribution < 1.29 is 44.6 Å². The van der Waals surface area contributed by atoms with E-state index >= 15 is 0 Å². The van der Waals surface area contributed by atoms with Crippen LogP contribution in [0, 0.1) is 0 Å². The van der Waals surface area contributed by atoms with Gasteiger partial charge in [-0.3, -0.25) is 0 Å². The van der Waals surface area contributed by atoms with Crippen LogP contribution in [0.15, 0.2) is 71.7 Å². The molecule has 1 heterocycles. The van der Waals surface area contributed by atoms with E-state index in [0.717, 1.165) is 17.7 Å². The standard InChI is InChI=1S/C27H26F6N2O4S2/c1-39-22-6-4-5-18(16-22)15-21-17-34(41(37,38)24-8-3-2-7-23(24)40)13-14-35(21)20-11-9-19(10-12-20)25(36,26(28,29)30)27(31,32)33/h2-6,8-12,16,21,36H,7,13-15,17H2,1H3/t21-/m1/s1. The summed E-state index contributed by atoms with van der Waals surface area (Å²) in [6.45, 7) is 0.0588. The second kappa shape index (κ2) is 11.4. The molecule has 2 aromatic carbocycles. The molecular weight excluding hydrogens is 594 g/mol. The fourth-order valence-corrected chi connectivity index (χ4v) is 6.98. The van der Waals surface area contributed by atoms with E-state index in [4.69, 9.17) is 17.0 Å². The van der Waals surface area contributed by atoms with Gasteiger partial charge in [0.25, 0.3) is 5.60 Å². The normalized spacial score (nSPS) is 19.3. The molecule has 1 saturated heterocycles. The van der Waals surface area contributed by atoms with Crippen LogP contribution in [-0.4, -0.2) is 67.8 Å². The van der Waals surface area contributed by atoms with Crippen LogP contribution in [0.3, 0.4) is 0 Å². The van der Waals surface area contributed by atoms with Crippen molar-refractivity contribution in [3.8, 4) is 5.75 Å². The Labute approximate surface area is 238 Å². The third kappa shape index (κ3) is 6.01. The van der Waals surface area contributed by atoms with Crippen LogP contribution in [0.25, 0.3) is 0 Å². The number of rotatable bonds is 7. The number of nitrogens with zero attached hydrogens (tertiary/aromatic N) is 2. The third-order valence-electron chi connectivity index (χ3n) is 7.07. The number of methoxy groups -OCH3 is 1. The Balaban J connectivity index is 1.69. The second-order valence-corrected chi connectivity index (χ2v) is 12.0. The Morgan fingerprint density at radius 2 is 1.68 bits per heavy atom. The molecule has 0 aromatic heterocycles. The lowest BCUT2D eigenvalue weighted by Crippen LogP contribution is -2.56. The first-order chi connectivity index (χ1) is 19.1. The van der Waals surface area contributed by atoms with Gasteiger partial charge in [-0.15, -0.1) is 0 Å². The van der Waals surface area contributed by atoms with Gasteiger partial charge in [-0.25, -0.2) is 8.42 Å². The average molecular weight is 621 g/mol. The van der Waals surface area contributed by atoms with Crippen molar-refractivity contribution in [3.63, 3.8) is 0 Å². The molecule has 222 valence electrons. The predicted octanol–water partition coefficient (Wildman–Crippen LogP) is 5.28. The molecule has 0 saturated carbocycles. The van der Waals surface area contributed by atoms with Crippen molar-refractivity contribution in [3.05, 3.63) is 82.8 Å². The van der Waals surface area contributed by atoms with Crippen molar-refractivity contribution in [2.75, 3.05) is 31.6 Å². The number of thiocarbonyl (C=S) groups is 1. The minimum Gasteiger partial charge on any atom is -0.497 e. The van der Waals surface area contributed by atoms with Crippen LogP contribution in [-0.2, 0) is 22.0 Å². The minimum absolute atomic E-state index is 0.00258. The summed E-state index contributed by atoms with van der Waals surface area (Å²) in [5.74, 6) is 0.557. The van der Waals surface area contributed by atoms with Gasteiger partial charge in [-0.2, -0.15) is 30.6 Å². The van der Waals surface area contributed by atoms with Gasteiger partial charge < -0.3 is 14.7 Å². The average Bonchev–Trinajstić information content (AvgIpc) is 2.91. The Bertz CT molecular complexity index is 1440. The first-order valence-corrected chi connectivity index (χ1v) is 14.2. The summed E-state index contributed by atoms with van der Waals surface area (Å²) in [6, 6.07) is 9.75. The summed E-state index contributed by atoms with van der Waals surface area (Å²) in [7, 11) is -2.48. The number of allylic oxidation sites excluding steroid dienone is 4. The van der Waals surface area contributed by atoms with Crippen LogP contribution in [0.2, 0.25) is 0 Å². The monoisotopic (exact) mass is 620 g/mol. The van der Waals surface area contributed by atoms with Gasteiger partial charge in [0.05, 0.1) is 12.0 Å². The van der Waals surface area contributed by atoms with Crippen LogP contribution in [0.1, 0.15) is 17.5 Å². The number of hydrogen-bond acceptors (Lipinski definition) is 6. The molecule has 4 rings (SSSR count).